The molecule has 0 radical (unpaired) electrons. The normalized spacial score (nSPS) is 23.4. The summed E-state index contributed by atoms with van der Waals surface area (Å²) in [4.78, 5) is 38.1. The number of nitrogens with one attached hydrogen (secondary N) is 2. The molecule has 3 aliphatic rings. The van der Waals surface area contributed by atoms with Crippen LogP contribution >= 0.6 is 0 Å². The molecule has 1 aromatic heterocycles. The van der Waals surface area contributed by atoms with E-state index in [1.54, 1.807) is 11.8 Å². The van der Waals surface area contributed by atoms with Crippen LogP contribution in [0.3, 0.4) is 0 Å². The van der Waals surface area contributed by atoms with Crippen LogP contribution in [0.1, 0.15) is 43.9 Å². The van der Waals surface area contributed by atoms with Crippen LogP contribution in [0.4, 0.5) is 11.8 Å². The van der Waals surface area contributed by atoms with E-state index in [1.165, 1.54) is 5.56 Å². The van der Waals surface area contributed by atoms with Crippen LogP contribution < -0.4 is 15.5 Å². The fraction of sp³-hybridized carbons (Fsp3) is 0.538. The Morgan fingerprint density at radius 3 is 2.64 bits per heavy atom. The molecule has 2 saturated heterocycles. The number of aromatic nitrogens is 2. The zero-order valence-corrected chi connectivity index (χ0v) is 21.8. The van der Waals surface area contributed by atoms with Crippen molar-refractivity contribution >= 4 is 34.8 Å². The summed E-state index contributed by atoms with van der Waals surface area (Å²) in [5.41, 5.74) is 1.96. The fourth-order valence-corrected chi connectivity index (χ4v) is 6.85. The highest BCUT2D eigenvalue weighted by atomic mass is 32.2. The standard InChI is InChI=1S/C26H34N6O3S/c1-18(33)27-17-26(19-6-4-3-5-7-19)11-13-32(14-12-26)25-29-21-10-15-36(35)23(21)24(30-25)28-20-8-9-22(34)31(2)16-20/h3-7,20H,8-17H2,1-2H3,(H,27,33)(H,28,29,30)/t20-,36?/m0/s1. The Bertz CT molecular complexity index is 1120. The lowest BCUT2D eigenvalue weighted by molar-refractivity contribution is -0.132. The first-order chi connectivity index (χ1) is 17.3. The lowest BCUT2D eigenvalue weighted by Crippen LogP contribution is -2.49. The molecule has 9 nitrogen and oxygen atoms in total. The van der Waals surface area contributed by atoms with E-state index in [4.69, 9.17) is 9.97 Å². The minimum absolute atomic E-state index is 0.0199. The van der Waals surface area contributed by atoms with E-state index >= 15 is 0 Å². The molecule has 2 atom stereocenters. The van der Waals surface area contributed by atoms with Gasteiger partial charge in [0.25, 0.3) is 0 Å². The van der Waals surface area contributed by atoms with E-state index < -0.39 is 11.2 Å². The van der Waals surface area contributed by atoms with Gasteiger partial charge in [0.05, 0.1) is 0 Å². The SMILES string of the molecule is CC(=O)NCC1(c2ccccc2)CCN(c2nc3c(c(N[C@H]4CCC(=O)N(C)C4)n2)[S+]([O-])CC3)CC1. The van der Waals surface area contributed by atoms with Gasteiger partial charge in [0.2, 0.25) is 22.7 Å². The molecule has 3 aliphatic heterocycles. The van der Waals surface area contributed by atoms with E-state index in [2.05, 4.69) is 39.8 Å². The van der Waals surface area contributed by atoms with E-state index in [1.807, 2.05) is 13.1 Å². The first-order valence-corrected chi connectivity index (χ1v) is 14.0. The molecule has 0 spiro atoms. The number of carbonyl (C=O) groups excluding carboxylic acids is 2. The number of hydrogen-bond donors (Lipinski definition) is 2. The zero-order chi connectivity index (χ0) is 25.3. The molecule has 2 aromatic rings. The van der Waals surface area contributed by atoms with Crippen molar-refractivity contribution in [3.63, 3.8) is 0 Å². The highest BCUT2D eigenvalue weighted by Crippen LogP contribution is 2.38. The van der Waals surface area contributed by atoms with Crippen molar-refractivity contribution < 1.29 is 14.1 Å². The molecule has 0 aliphatic carbocycles. The predicted molar refractivity (Wildman–Crippen MR) is 140 cm³/mol. The summed E-state index contributed by atoms with van der Waals surface area (Å²) in [6.45, 7) is 4.29. The Labute approximate surface area is 215 Å². The molecule has 5 rings (SSSR count). The first kappa shape index (κ1) is 24.8. The highest BCUT2D eigenvalue weighted by Gasteiger charge is 2.39. The second kappa shape index (κ2) is 10.3. The molecular weight excluding hydrogens is 476 g/mol. The average Bonchev–Trinajstić information content (AvgIpc) is 3.26. The zero-order valence-electron chi connectivity index (χ0n) is 21.0. The third-order valence-corrected chi connectivity index (χ3v) is 9.17. The minimum atomic E-state index is -1.11. The van der Waals surface area contributed by atoms with E-state index in [0.717, 1.165) is 42.9 Å². The van der Waals surface area contributed by atoms with Crippen molar-refractivity contribution in [1.29, 1.82) is 0 Å². The van der Waals surface area contributed by atoms with Crippen LogP contribution in [0.15, 0.2) is 35.2 Å². The number of likely N-dealkylation sites (N-methyl/N-ethyl adjacent to an activating group) is 1. The van der Waals surface area contributed by atoms with Gasteiger partial charge in [-0.3, -0.25) is 9.59 Å². The van der Waals surface area contributed by atoms with Gasteiger partial charge in [0.15, 0.2) is 5.82 Å². The Morgan fingerprint density at radius 2 is 1.94 bits per heavy atom. The second-order valence-corrected chi connectivity index (χ2v) is 11.7. The predicted octanol–water partition coefficient (Wildman–Crippen LogP) is 1.85. The van der Waals surface area contributed by atoms with E-state index in [9.17, 15) is 14.1 Å². The van der Waals surface area contributed by atoms with E-state index in [-0.39, 0.29) is 23.3 Å². The molecule has 10 heteroatoms. The molecule has 2 fully saturated rings. The Kier molecular flexibility index (Phi) is 7.07. The summed E-state index contributed by atoms with van der Waals surface area (Å²) in [7, 11) is 1.82. The number of anilines is 2. The average molecular weight is 511 g/mol. The van der Waals surface area contributed by atoms with Crippen LogP contribution in [-0.2, 0) is 32.6 Å². The lowest BCUT2D eigenvalue weighted by atomic mass is 9.72. The third kappa shape index (κ3) is 5.01. The first-order valence-electron chi connectivity index (χ1n) is 12.7. The van der Waals surface area contributed by atoms with Gasteiger partial charge in [0.1, 0.15) is 11.4 Å². The van der Waals surface area contributed by atoms with Gasteiger partial charge >= 0.3 is 0 Å². The number of aryl methyl sites for hydroxylation is 1. The number of likely N-dealkylation sites (tertiary alicyclic amines) is 1. The van der Waals surface area contributed by atoms with Crippen LogP contribution in [-0.4, -0.2) is 76.3 Å². The van der Waals surface area contributed by atoms with Crippen molar-refractivity contribution in [1.82, 2.24) is 20.2 Å². The number of amides is 2. The minimum Gasteiger partial charge on any atom is -0.611 e. The fourth-order valence-electron chi connectivity index (χ4n) is 5.53. The maximum atomic E-state index is 12.8. The number of rotatable bonds is 6. The smallest absolute Gasteiger partial charge is 0.227 e. The second-order valence-electron chi connectivity index (χ2n) is 10.1. The summed E-state index contributed by atoms with van der Waals surface area (Å²) in [6.07, 6.45) is 3.64. The number of nitrogens with zero attached hydrogens (tertiary/aromatic N) is 4. The van der Waals surface area contributed by atoms with Crippen molar-refractivity contribution in [3.8, 4) is 0 Å². The highest BCUT2D eigenvalue weighted by molar-refractivity contribution is 7.91. The van der Waals surface area contributed by atoms with Gasteiger partial charge < -0.3 is 25.0 Å². The summed E-state index contributed by atoms with van der Waals surface area (Å²) < 4.78 is 12.8. The van der Waals surface area contributed by atoms with Crippen LogP contribution in [0, 0.1) is 0 Å². The molecule has 2 amide bonds. The van der Waals surface area contributed by atoms with Gasteiger partial charge in [-0.15, -0.1) is 0 Å². The van der Waals surface area contributed by atoms with Crippen molar-refractivity contribution in [3.05, 3.63) is 41.6 Å². The lowest BCUT2D eigenvalue weighted by Gasteiger charge is -2.42. The maximum Gasteiger partial charge on any atom is 0.227 e. The number of fused-ring (bicyclic) bond motifs is 1. The topological polar surface area (TPSA) is 114 Å². The van der Waals surface area contributed by atoms with Crippen LogP contribution in [0.5, 0.6) is 0 Å². The quantitative estimate of drug-likeness (QED) is 0.570. The monoisotopic (exact) mass is 510 g/mol. The van der Waals surface area contributed by atoms with Crippen molar-refractivity contribution in [2.45, 2.75) is 55.4 Å². The number of hydrogen-bond acceptors (Lipinski definition) is 7. The summed E-state index contributed by atoms with van der Waals surface area (Å²) >= 11 is -1.11. The van der Waals surface area contributed by atoms with E-state index in [0.29, 0.717) is 43.5 Å². The molecule has 36 heavy (non-hydrogen) atoms. The van der Waals surface area contributed by atoms with Gasteiger partial charge in [-0.2, -0.15) is 4.98 Å². The Balaban J connectivity index is 1.37. The maximum absolute atomic E-state index is 12.8. The van der Waals surface area contributed by atoms with Crippen LogP contribution in [0.2, 0.25) is 0 Å². The number of carbonyl (C=O) groups is 2. The Morgan fingerprint density at radius 1 is 1.19 bits per heavy atom. The summed E-state index contributed by atoms with van der Waals surface area (Å²) in [6, 6.07) is 10.5. The van der Waals surface area contributed by atoms with Gasteiger partial charge in [0, 0.05) is 64.4 Å². The molecular formula is C26H34N6O3S. The molecule has 0 bridgehead atoms. The summed E-state index contributed by atoms with van der Waals surface area (Å²) in [5, 5.41) is 6.55. The third-order valence-electron chi connectivity index (χ3n) is 7.71. The number of piperidine rings is 2. The van der Waals surface area contributed by atoms with Gasteiger partial charge in [-0.05, 0) is 36.0 Å². The van der Waals surface area contributed by atoms with Crippen molar-refractivity contribution in [2.75, 3.05) is 49.2 Å². The molecule has 1 aromatic carbocycles. The molecule has 1 unspecified atom stereocenters. The van der Waals surface area contributed by atoms with Crippen LogP contribution in [0.25, 0.3) is 0 Å². The largest absolute Gasteiger partial charge is 0.611 e. The molecule has 192 valence electrons. The van der Waals surface area contributed by atoms with Gasteiger partial charge in [-0.1, -0.05) is 30.3 Å². The Hall–Kier alpha value is -2.85. The molecule has 0 saturated carbocycles. The number of benzene rings is 1. The van der Waals surface area contributed by atoms with Crippen molar-refractivity contribution in [2.24, 2.45) is 0 Å². The molecule has 2 N–H and O–H groups in total. The molecule has 4 heterocycles. The van der Waals surface area contributed by atoms with Gasteiger partial charge in [-0.25, -0.2) is 4.98 Å². The summed E-state index contributed by atoms with van der Waals surface area (Å²) in [5.74, 6) is 2.01.